The fraction of sp³-hybridized carbons (Fsp3) is 0.391. The van der Waals surface area contributed by atoms with E-state index < -0.39 is 6.04 Å². The van der Waals surface area contributed by atoms with E-state index in [0.717, 1.165) is 16.9 Å². The molecule has 0 bridgehead atoms. The Morgan fingerprint density at radius 2 is 1.87 bits per heavy atom. The first-order chi connectivity index (χ1) is 14.5. The molecule has 1 N–H and O–H groups in total. The van der Waals surface area contributed by atoms with Crippen molar-refractivity contribution >= 4 is 23.4 Å². The predicted molar refractivity (Wildman–Crippen MR) is 116 cm³/mol. The number of hydrogen-bond acceptors (Lipinski definition) is 4. The van der Waals surface area contributed by atoms with Gasteiger partial charge in [-0.2, -0.15) is 0 Å². The maximum Gasteiger partial charge on any atom is 0.242 e. The minimum absolute atomic E-state index is 0.0970. The van der Waals surface area contributed by atoms with E-state index in [9.17, 15) is 9.59 Å². The molecule has 1 aliphatic rings. The lowest BCUT2D eigenvalue weighted by atomic mass is 10.1. The highest BCUT2D eigenvalue weighted by Gasteiger charge is 2.28. The molecule has 1 atom stereocenters. The lowest BCUT2D eigenvalue weighted by molar-refractivity contribution is -0.141. The van der Waals surface area contributed by atoms with Crippen LogP contribution in [0.25, 0.3) is 0 Å². The van der Waals surface area contributed by atoms with E-state index in [2.05, 4.69) is 5.32 Å². The van der Waals surface area contributed by atoms with E-state index in [0.29, 0.717) is 36.8 Å². The molecule has 6 nitrogen and oxygen atoms in total. The topological polar surface area (TPSA) is 67.9 Å². The van der Waals surface area contributed by atoms with E-state index in [1.807, 2.05) is 43.3 Å². The molecule has 0 saturated heterocycles. The smallest absolute Gasteiger partial charge is 0.242 e. The van der Waals surface area contributed by atoms with Crippen LogP contribution < -0.4 is 14.8 Å². The molecule has 0 saturated carbocycles. The lowest BCUT2D eigenvalue weighted by Gasteiger charge is -2.30. The van der Waals surface area contributed by atoms with E-state index in [4.69, 9.17) is 21.1 Å². The van der Waals surface area contributed by atoms with Crippen molar-refractivity contribution in [3.05, 3.63) is 58.6 Å². The van der Waals surface area contributed by atoms with Gasteiger partial charge < -0.3 is 19.7 Å². The molecule has 2 aromatic rings. The standard InChI is InChI=1S/C23H27ClN2O4/c1-3-19(23(28)25-2)26(15-17-6-4-5-7-18(17)24)22(27)11-9-16-8-10-20-21(14-16)30-13-12-29-20/h4-8,10,14,19H,3,9,11-13,15H2,1-2H3,(H,25,28)/t19-/m0/s1. The molecular formula is C23H27ClN2O4. The second-order valence-electron chi connectivity index (χ2n) is 7.13. The average molecular weight is 431 g/mol. The summed E-state index contributed by atoms with van der Waals surface area (Å²) in [5, 5.41) is 3.24. The highest BCUT2D eigenvalue weighted by atomic mass is 35.5. The number of fused-ring (bicyclic) bond motifs is 1. The fourth-order valence-corrected chi connectivity index (χ4v) is 3.73. The molecule has 1 aliphatic heterocycles. The first-order valence-electron chi connectivity index (χ1n) is 10.2. The third-order valence-electron chi connectivity index (χ3n) is 5.16. The number of nitrogens with one attached hydrogen (secondary N) is 1. The third-order valence-corrected chi connectivity index (χ3v) is 5.53. The monoisotopic (exact) mass is 430 g/mol. The van der Waals surface area contributed by atoms with Crippen LogP contribution in [0.3, 0.4) is 0 Å². The SMILES string of the molecule is CC[C@@H](C(=O)NC)N(Cc1ccccc1Cl)C(=O)CCc1ccc2c(c1)OCCO2. The zero-order valence-corrected chi connectivity index (χ0v) is 18.1. The quantitative estimate of drug-likeness (QED) is 0.694. The molecule has 0 fully saturated rings. The molecule has 0 unspecified atom stereocenters. The average Bonchev–Trinajstić information content (AvgIpc) is 2.78. The van der Waals surface area contributed by atoms with Crippen molar-refractivity contribution in [3.8, 4) is 11.5 Å². The van der Waals surface area contributed by atoms with Gasteiger partial charge in [-0.15, -0.1) is 0 Å². The molecule has 3 rings (SSSR count). The van der Waals surface area contributed by atoms with Crippen LogP contribution in [-0.4, -0.2) is 43.0 Å². The van der Waals surface area contributed by atoms with E-state index in [1.54, 1.807) is 18.0 Å². The molecule has 30 heavy (non-hydrogen) atoms. The van der Waals surface area contributed by atoms with Crippen molar-refractivity contribution in [1.29, 1.82) is 0 Å². The Labute approximate surface area is 182 Å². The maximum atomic E-state index is 13.2. The Balaban J connectivity index is 1.75. The summed E-state index contributed by atoms with van der Waals surface area (Å²) in [7, 11) is 1.58. The van der Waals surface area contributed by atoms with Gasteiger partial charge in [0.15, 0.2) is 11.5 Å². The Kier molecular flexibility index (Phi) is 7.57. The summed E-state index contributed by atoms with van der Waals surface area (Å²) in [6.45, 7) is 3.24. The number of carbonyl (C=O) groups excluding carboxylic acids is 2. The minimum Gasteiger partial charge on any atom is -0.486 e. The van der Waals surface area contributed by atoms with Crippen LogP contribution in [-0.2, 0) is 22.6 Å². The highest BCUT2D eigenvalue weighted by molar-refractivity contribution is 6.31. The highest BCUT2D eigenvalue weighted by Crippen LogP contribution is 2.31. The number of aryl methyl sites for hydroxylation is 1. The Morgan fingerprint density at radius 1 is 1.13 bits per heavy atom. The fourth-order valence-electron chi connectivity index (χ4n) is 3.53. The van der Waals surface area contributed by atoms with Gasteiger partial charge in [-0.3, -0.25) is 9.59 Å². The summed E-state index contributed by atoms with van der Waals surface area (Å²) in [6, 6.07) is 12.5. The van der Waals surface area contributed by atoms with Gasteiger partial charge in [-0.25, -0.2) is 0 Å². The van der Waals surface area contributed by atoms with Crippen LogP contribution >= 0.6 is 11.6 Å². The number of ether oxygens (including phenoxy) is 2. The number of halogens is 1. The van der Waals surface area contributed by atoms with Crippen molar-refractivity contribution in [1.82, 2.24) is 10.2 Å². The van der Waals surface area contributed by atoms with Gasteiger partial charge in [0.25, 0.3) is 0 Å². The molecule has 1 heterocycles. The summed E-state index contributed by atoms with van der Waals surface area (Å²) in [5.41, 5.74) is 1.80. The van der Waals surface area contributed by atoms with Gasteiger partial charge >= 0.3 is 0 Å². The Hall–Kier alpha value is -2.73. The number of hydrogen-bond donors (Lipinski definition) is 1. The van der Waals surface area contributed by atoms with Crippen LogP contribution in [0.5, 0.6) is 11.5 Å². The number of amides is 2. The van der Waals surface area contributed by atoms with Gasteiger partial charge in [0.2, 0.25) is 11.8 Å². The Bertz CT molecular complexity index is 903. The molecule has 2 aromatic carbocycles. The number of benzene rings is 2. The van der Waals surface area contributed by atoms with E-state index in [1.165, 1.54) is 0 Å². The molecule has 0 aliphatic carbocycles. The minimum atomic E-state index is -0.556. The zero-order valence-electron chi connectivity index (χ0n) is 17.3. The van der Waals surface area contributed by atoms with Crippen LogP contribution in [0.15, 0.2) is 42.5 Å². The summed E-state index contributed by atoms with van der Waals surface area (Å²) in [5.74, 6) is 1.15. The number of carbonyl (C=O) groups is 2. The summed E-state index contributed by atoms with van der Waals surface area (Å²) in [6.07, 6.45) is 1.33. The van der Waals surface area contributed by atoms with Crippen molar-refractivity contribution < 1.29 is 19.1 Å². The zero-order chi connectivity index (χ0) is 21.5. The molecule has 7 heteroatoms. The number of rotatable bonds is 8. The molecular weight excluding hydrogens is 404 g/mol. The number of nitrogens with zero attached hydrogens (tertiary/aromatic N) is 1. The molecule has 2 amide bonds. The van der Waals surface area contributed by atoms with E-state index >= 15 is 0 Å². The van der Waals surface area contributed by atoms with Crippen molar-refractivity contribution in [2.24, 2.45) is 0 Å². The van der Waals surface area contributed by atoms with Crippen molar-refractivity contribution in [2.75, 3.05) is 20.3 Å². The largest absolute Gasteiger partial charge is 0.486 e. The molecule has 0 radical (unpaired) electrons. The second kappa shape index (κ2) is 10.3. The first kappa shape index (κ1) is 22.0. The maximum absolute atomic E-state index is 13.2. The van der Waals surface area contributed by atoms with Gasteiger partial charge in [0.05, 0.1) is 0 Å². The molecule has 160 valence electrons. The normalized spacial score (nSPS) is 13.4. The van der Waals surface area contributed by atoms with Crippen molar-refractivity contribution in [2.45, 2.75) is 38.8 Å². The predicted octanol–water partition coefficient (Wildman–Crippen LogP) is 3.60. The Morgan fingerprint density at radius 3 is 2.57 bits per heavy atom. The summed E-state index contributed by atoms with van der Waals surface area (Å²) < 4.78 is 11.2. The van der Waals surface area contributed by atoms with Crippen LogP contribution in [0, 0.1) is 0 Å². The lowest BCUT2D eigenvalue weighted by Crippen LogP contribution is -2.48. The van der Waals surface area contributed by atoms with Gasteiger partial charge in [0.1, 0.15) is 19.3 Å². The van der Waals surface area contributed by atoms with Crippen molar-refractivity contribution in [3.63, 3.8) is 0 Å². The van der Waals surface area contributed by atoms with Gasteiger partial charge in [-0.05, 0) is 42.2 Å². The molecule has 0 spiro atoms. The second-order valence-corrected chi connectivity index (χ2v) is 7.54. The van der Waals surface area contributed by atoms with Crippen LogP contribution in [0.4, 0.5) is 0 Å². The van der Waals surface area contributed by atoms with Crippen LogP contribution in [0.2, 0.25) is 5.02 Å². The van der Waals surface area contributed by atoms with Crippen LogP contribution in [0.1, 0.15) is 30.9 Å². The van der Waals surface area contributed by atoms with Gasteiger partial charge in [-0.1, -0.05) is 42.8 Å². The summed E-state index contributed by atoms with van der Waals surface area (Å²) in [4.78, 5) is 27.2. The third kappa shape index (κ3) is 5.25. The molecule has 0 aromatic heterocycles. The first-order valence-corrected chi connectivity index (χ1v) is 10.5. The van der Waals surface area contributed by atoms with Gasteiger partial charge in [0, 0.05) is 25.0 Å². The number of likely N-dealkylation sites (N-methyl/N-ethyl adjacent to an activating group) is 1. The summed E-state index contributed by atoms with van der Waals surface area (Å²) >= 11 is 6.31. The van der Waals surface area contributed by atoms with E-state index in [-0.39, 0.29) is 24.8 Å².